The van der Waals surface area contributed by atoms with Crippen LogP contribution in [0, 0.1) is 5.82 Å². The summed E-state index contributed by atoms with van der Waals surface area (Å²) in [6.07, 6.45) is 0.516. The number of ether oxygens (including phenoxy) is 1. The molecule has 0 atom stereocenters. The first-order valence-electron chi connectivity index (χ1n) is 6.01. The number of nitrogens with two attached hydrogens (primary N) is 1. The van der Waals surface area contributed by atoms with Gasteiger partial charge in [0.15, 0.2) is 0 Å². The highest BCUT2D eigenvalue weighted by molar-refractivity contribution is 5.70. The third kappa shape index (κ3) is 4.84. The van der Waals surface area contributed by atoms with Gasteiger partial charge in [-0.15, -0.1) is 0 Å². The maximum absolute atomic E-state index is 13.6. The Labute approximate surface area is 107 Å². The molecule has 0 aliphatic rings. The molecule has 1 rings (SSSR count). The summed E-state index contributed by atoms with van der Waals surface area (Å²) in [5.41, 5.74) is 6.17. The zero-order valence-electron chi connectivity index (χ0n) is 11.1. The van der Waals surface area contributed by atoms with Crippen LogP contribution in [0.1, 0.15) is 38.3 Å². The Kier molecular flexibility index (Phi) is 4.84. The van der Waals surface area contributed by atoms with E-state index in [1.807, 2.05) is 20.8 Å². The van der Waals surface area contributed by atoms with Crippen molar-refractivity contribution >= 4 is 5.97 Å². The molecule has 0 bridgehead atoms. The molecule has 0 saturated carbocycles. The molecule has 0 aliphatic carbocycles. The molecule has 3 nitrogen and oxygen atoms in total. The van der Waals surface area contributed by atoms with Gasteiger partial charge < -0.3 is 10.5 Å². The summed E-state index contributed by atoms with van der Waals surface area (Å²) < 4.78 is 18.8. The van der Waals surface area contributed by atoms with Gasteiger partial charge in [-0.05, 0) is 44.4 Å². The van der Waals surface area contributed by atoms with Crippen molar-refractivity contribution < 1.29 is 13.9 Å². The normalized spacial score (nSPS) is 11.4. The van der Waals surface area contributed by atoms with E-state index in [-0.39, 0.29) is 18.2 Å². The maximum atomic E-state index is 13.6. The number of halogens is 1. The Hall–Kier alpha value is -1.42. The fraction of sp³-hybridized carbons (Fsp3) is 0.500. The second-order valence-electron chi connectivity index (χ2n) is 5.22. The number of rotatable bonds is 4. The number of carbonyl (C=O) groups is 1. The second kappa shape index (κ2) is 5.96. The molecule has 0 spiro atoms. The number of hydrogen-bond donors (Lipinski definition) is 1. The van der Waals surface area contributed by atoms with Crippen molar-refractivity contribution in [2.45, 2.75) is 45.8 Å². The summed E-state index contributed by atoms with van der Waals surface area (Å²) in [6.45, 7) is 5.73. The molecule has 1 aromatic rings. The standard InChI is InChI=1S/C14H20FNO2/c1-14(2,3)18-13(17)7-6-11-5-4-10(9-16)8-12(11)15/h4-5,8H,6-7,9,16H2,1-3H3. The highest BCUT2D eigenvalue weighted by Crippen LogP contribution is 2.14. The van der Waals surface area contributed by atoms with E-state index in [0.717, 1.165) is 5.56 Å². The van der Waals surface area contributed by atoms with Gasteiger partial charge in [0.05, 0.1) is 0 Å². The van der Waals surface area contributed by atoms with Crippen molar-refractivity contribution in [1.29, 1.82) is 0 Å². The minimum absolute atomic E-state index is 0.177. The highest BCUT2D eigenvalue weighted by Gasteiger charge is 2.16. The van der Waals surface area contributed by atoms with Gasteiger partial charge >= 0.3 is 5.97 Å². The molecule has 2 N–H and O–H groups in total. The van der Waals surface area contributed by atoms with Crippen LogP contribution in [-0.4, -0.2) is 11.6 Å². The van der Waals surface area contributed by atoms with Gasteiger partial charge in [-0.2, -0.15) is 0 Å². The van der Waals surface area contributed by atoms with E-state index < -0.39 is 5.60 Å². The van der Waals surface area contributed by atoms with Crippen LogP contribution < -0.4 is 5.73 Å². The van der Waals surface area contributed by atoms with Crippen LogP contribution in [0.3, 0.4) is 0 Å². The van der Waals surface area contributed by atoms with Crippen LogP contribution in [-0.2, 0) is 22.5 Å². The zero-order chi connectivity index (χ0) is 13.8. The predicted octanol–water partition coefficient (Wildman–Crippen LogP) is 2.56. The van der Waals surface area contributed by atoms with Crippen molar-refractivity contribution in [3.63, 3.8) is 0 Å². The monoisotopic (exact) mass is 253 g/mol. The minimum Gasteiger partial charge on any atom is -0.460 e. The molecule has 0 aliphatic heterocycles. The average molecular weight is 253 g/mol. The van der Waals surface area contributed by atoms with Gasteiger partial charge in [-0.25, -0.2) is 4.39 Å². The first kappa shape index (κ1) is 14.6. The van der Waals surface area contributed by atoms with E-state index in [1.54, 1.807) is 12.1 Å². The van der Waals surface area contributed by atoms with Crippen LogP contribution in [0.5, 0.6) is 0 Å². The highest BCUT2D eigenvalue weighted by atomic mass is 19.1. The number of esters is 1. The lowest BCUT2D eigenvalue weighted by Crippen LogP contribution is -2.24. The van der Waals surface area contributed by atoms with Gasteiger partial charge in [0.1, 0.15) is 11.4 Å². The van der Waals surface area contributed by atoms with Crippen molar-refractivity contribution in [3.05, 3.63) is 35.1 Å². The lowest BCUT2D eigenvalue weighted by molar-refractivity contribution is -0.154. The molecular weight excluding hydrogens is 233 g/mol. The molecule has 18 heavy (non-hydrogen) atoms. The SMILES string of the molecule is CC(C)(C)OC(=O)CCc1ccc(CN)cc1F. The molecule has 100 valence electrons. The van der Waals surface area contributed by atoms with Gasteiger partial charge in [0.2, 0.25) is 0 Å². The van der Waals surface area contributed by atoms with E-state index >= 15 is 0 Å². The molecule has 0 fully saturated rings. The van der Waals surface area contributed by atoms with Crippen molar-refractivity contribution in [2.75, 3.05) is 0 Å². The first-order chi connectivity index (χ1) is 8.31. The number of benzene rings is 1. The predicted molar refractivity (Wildman–Crippen MR) is 68.5 cm³/mol. The van der Waals surface area contributed by atoms with Gasteiger partial charge in [0.25, 0.3) is 0 Å². The molecule has 0 saturated heterocycles. The molecule has 1 aromatic carbocycles. The number of aryl methyl sites for hydroxylation is 1. The van der Waals surface area contributed by atoms with Crippen LogP contribution >= 0.6 is 0 Å². The first-order valence-corrected chi connectivity index (χ1v) is 6.01. The Morgan fingerprint density at radius 3 is 2.56 bits per heavy atom. The zero-order valence-corrected chi connectivity index (χ0v) is 11.1. The topological polar surface area (TPSA) is 52.3 Å². The number of carbonyl (C=O) groups excluding carboxylic acids is 1. The summed E-state index contributed by atoms with van der Waals surface area (Å²) in [5.74, 6) is -0.633. The fourth-order valence-corrected chi connectivity index (χ4v) is 1.55. The van der Waals surface area contributed by atoms with Gasteiger partial charge in [-0.1, -0.05) is 12.1 Å². The quantitative estimate of drug-likeness (QED) is 0.839. The lowest BCUT2D eigenvalue weighted by atomic mass is 10.1. The average Bonchev–Trinajstić information content (AvgIpc) is 2.25. The Morgan fingerprint density at radius 1 is 1.39 bits per heavy atom. The summed E-state index contributed by atoms with van der Waals surface area (Å²) in [4.78, 5) is 11.5. The van der Waals surface area contributed by atoms with Gasteiger partial charge in [-0.3, -0.25) is 4.79 Å². The second-order valence-corrected chi connectivity index (χ2v) is 5.22. The summed E-state index contributed by atoms with van der Waals surface area (Å²) in [6, 6.07) is 4.85. The maximum Gasteiger partial charge on any atom is 0.306 e. The van der Waals surface area contributed by atoms with Crippen molar-refractivity contribution in [3.8, 4) is 0 Å². The molecular formula is C14H20FNO2. The summed E-state index contributed by atoms with van der Waals surface area (Å²) in [5, 5.41) is 0. The summed E-state index contributed by atoms with van der Waals surface area (Å²) >= 11 is 0. The molecule has 0 amide bonds. The molecule has 4 heteroatoms. The third-order valence-corrected chi connectivity index (χ3v) is 2.37. The van der Waals surface area contributed by atoms with Crippen molar-refractivity contribution in [2.24, 2.45) is 5.73 Å². The minimum atomic E-state index is -0.501. The Balaban J connectivity index is 2.56. The van der Waals surface area contributed by atoms with Gasteiger partial charge in [0, 0.05) is 13.0 Å². The molecule has 0 radical (unpaired) electrons. The van der Waals surface area contributed by atoms with E-state index in [2.05, 4.69) is 0 Å². The number of hydrogen-bond acceptors (Lipinski definition) is 3. The van der Waals surface area contributed by atoms with E-state index in [4.69, 9.17) is 10.5 Å². The molecule has 0 heterocycles. The van der Waals surface area contributed by atoms with Crippen LogP contribution in [0.2, 0.25) is 0 Å². The van der Waals surface area contributed by atoms with E-state index in [0.29, 0.717) is 18.5 Å². The smallest absolute Gasteiger partial charge is 0.306 e. The Morgan fingerprint density at radius 2 is 2.06 bits per heavy atom. The largest absolute Gasteiger partial charge is 0.460 e. The van der Waals surface area contributed by atoms with Crippen LogP contribution in [0.15, 0.2) is 18.2 Å². The molecule has 0 aromatic heterocycles. The van der Waals surface area contributed by atoms with Crippen molar-refractivity contribution in [1.82, 2.24) is 0 Å². The summed E-state index contributed by atoms with van der Waals surface area (Å²) in [7, 11) is 0. The Bertz CT molecular complexity index is 424. The fourth-order valence-electron chi connectivity index (χ4n) is 1.55. The van der Waals surface area contributed by atoms with Crippen LogP contribution in [0.4, 0.5) is 4.39 Å². The van der Waals surface area contributed by atoms with Crippen LogP contribution in [0.25, 0.3) is 0 Å². The third-order valence-electron chi connectivity index (χ3n) is 2.37. The molecule has 0 unspecified atom stereocenters. The lowest BCUT2D eigenvalue weighted by Gasteiger charge is -2.19. The van der Waals surface area contributed by atoms with E-state index in [1.165, 1.54) is 6.07 Å². The van der Waals surface area contributed by atoms with E-state index in [9.17, 15) is 9.18 Å².